The van der Waals surface area contributed by atoms with Crippen LogP contribution in [0, 0.1) is 0 Å². The summed E-state index contributed by atoms with van der Waals surface area (Å²) in [5.41, 5.74) is 0. The number of halogens is 3. The van der Waals surface area contributed by atoms with Gasteiger partial charge in [-0.25, -0.2) is 0 Å². The molecule has 0 saturated heterocycles. The summed E-state index contributed by atoms with van der Waals surface area (Å²) >= 11 is -1.66. The molecule has 0 fully saturated rings. The van der Waals surface area contributed by atoms with Crippen molar-refractivity contribution < 1.29 is 13.0 Å². The second-order valence-corrected chi connectivity index (χ2v) is 8.01. The summed E-state index contributed by atoms with van der Waals surface area (Å²) in [6.45, 7) is 5.25. The molecule has 0 nitrogen and oxygen atoms in total. The van der Waals surface area contributed by atoms with Crippen LogP contribution in [0.25, 0.3) is 0 Å². The van der Waals surface area contributed by atoms with Gasteiger partial charge in [-0.05, 0) is 6.92 Å². The Bertz CT molecular complexity index is 34.4. The van der Waals surface area contributed by atoms with Crippen molar-refractivity contribution in [2.24, 2.45) is 0 Å². The number of allylic oxidation sites excluding steroid dienone is 1. The van der Waals surface area contributed by atoms with E-state index >= 15 is 0 Å². The van der Waals surface area contributed by atoms with Gasteiger partial charge < -0.3 is 0 Å². The molecule has 0 unspecified atom stereocenters. The maximum absolute atomic E-state index is 4.94. The molecule has 7 heavy (non-hydrogen) atoms. The Kier molecular flexibility index (Phi) is 16.3. The van der Waals surface area contributed by atoms with E-state index in [1.54, 1.807) is 6.08 Å². The molecule has 0 aromatic carbocycles. The zero-order valence-electron chi connectivity index (χ0n) is 3.75. The molecule has 0 aromatic rings. The van der Waals surface area contributed by atoms with Crippen LogP contribution in [0.5, 0.6) is 0 Å². The Balaban J connectivity index is 0. The van der Waals surface area contributed by atoms with Crippen molar-refractivity contribution in [1.29, 1.82) is 0 Å². The first kappa shape index (κ1) is 11.1. The van der Waals surface area contributed by atoms with Gasteiger partial charge in [0.2, 0.25) is 0 Å². The monoisotopic (exact) mass is 250 g/mol. The molecule has 0 saturated carbocycles. The minimum atomic E-state index is -1.66. The fourth-order valence-corrected chi connectivity index (χ4v) is 0. The third kappa shape index (κ3) is 130. The quantitative estimate of drug-likeness (QED) is 0.458. The number of hydrogen-bond acceptors (Lipinski definition) is 0. The van der Waals surface area contributed by atoms with Gasteiger partial charge in [0.15, 0.2) is 0 Å². The first-order valence-corrected chi connectivity index (χ1v) is 7.69. The molecule has 0 aliphatic rings. The van der Waals surface area contributed by atoms with E-state index in [4.69, 9.17) is 29.1 Å². The van der Waals surface area contributed by atoms with Crippen molar-refractivity contribution in [3.05, 3.63) is 12.7 Å². The fourth-order valence-electron chi connectivity index (χ4n) is 0. The van der Waals surface area contributed by atoms with E-state index in [0.29, 0.717) is 0 Å². The van der Waals surface area contributed by atoms with Gasteiger partial charge in [-0.15, -0.1) is 6.58 Å². The summed E-state index contributed by atoms with van der Waals surface area (Å²) in [7, 11) is 14.8. The van der Waals surface area contributed by atoms with Crippen LogP contribution in [0.2, 0.25) is 0 Å². The molecule has 0 atom stereocenters. The Labute approximate surface area is 61.5 Å². The maximum atomic E-state index is 4.94. The van der Waals surface area contributed by atoms with Gasteiger partial charge in [-0.3, -0.25) is 0 Å². The van der Waals surface area contributed by atoms with Gasteiger partial charge in [-0.2, -0.15) is 0 Å². The molecule has 0 aromatic heterocycles. The van der Waals surface area contributed by atoms with Crippen molar-refractivity contribution in [1.82, 2.24) is 0 Å². The Hall–Kier alpha value is 1.23. The second kappa shape index (κ2) is 10.3. The number of hydrogen-bond donors (Lipinski definition) is 0. The summed E-state index contributed by atoms with van der Waals surface area (Å²) in [6.07, 6.45) is 1.75. The minimum absolute atomic E-state index is 1.66. The van der Waals surface area contributed by atoms with E-state index < -0.39 is 13.0 Å². The van der Waals surface area contributed by atoms with Crippen molar-refractivity contribution >= 4 is 29.1 Å². The van der Waals surface area contributed by atoms with Crippen LogP contribution in [0.4, 0.5) is 0 Å². The van der Waals surface area contributed by atoms with Crippen molar-refractivity contribution in [2.75, 3.05) is 0 Å². The van der Waals surface area contributed by atoms with Crippen molar-refractivity contribution in [2.45, 2.75) is 6.92 Å². The van der Waals surface area contributed by atoms with Crippen LogP contribution >= 0.6 is 29.1 Å². The molecule has 0 aliphatic heterocycles. The van der Waals surface area contributed by atoms with Gasteiger partial charge in [0.1, 0.15) is 0 Å². The molecular weight excluding hydrogens is 245 g/mol. The summed E-state index contributed by atoms with van der Waals surface area (Å²) in [6, 6.07) is 0. The Morgan fingerprint density at radius 2 is 1.43 bits per heavy atom. The van der Waals surface area contributed by atoms with Crippen LogP contribution in [-0.2, 0) is 13.0 Å². The van der Waals surface area contributed by atoms with Crippen molar-refractivity contribution in [3.63, 3.8) is 0 Å². The molecular formula is C3H6Cl3Rh. The summed E-state index contributed by atoms with van der Waals surface area (Å²) in [5, 5.41) is 0. The average molecular weight is 251 g/mol. The fraction of sp³-hybridized carbons (Fsp3) is 0.333. The van der Waals surface area contributed by atoms with Crippen LogP contribution in [0.15, 0.2) is 12.7 Å². The number of rotatable bonds is 0. The Morgan fingerprint density at radius 1 is 1.43 bits per heavy atom. The van der Waals surface area contributed by atoms with E-state index in [2.05, 4.69) is 6.58 Å². The van der Waals surface area contributed by atoms with E-state index in [1.165, 1.54) is 0 Å². The molecule has 0 aliphatic carbocycles. The topological polar surface area (TPSA) is 0 Å². The first-order chi connectivity index (χ1) is 3.15. The predicted octanol–water partition coefficient (Wildman–Crippen LogP) is 3.26. The third-order valence-electron chi connectivity index (χ3n) is 0. The molecule has 0 heterocycles. The van der Waals surface area contributed by atoms with Gasteiger partial charge in [0.05, 0.1) is 0 Å². The van der Waals surface area contributed by atoms with Crippen LogP contribution in [0.1, 0.15) is 6.92 Å². The Morgan fingerprint density at radius 3 is 1.43 bits per heavy atom. The van der Waals surface area contributed by atoms with Crippen LogP contribution in [0.3, 0.4) is 0 Å². The van der Waals surface area contributed by atoms with Gasteiger partial charge in [0, 0.05) is 0 Å². The third-order valence-corrected chi connectivity index (χ3v) is 0. The molecule has 0 N–H and O–H groups in total. The van der Waals surface area contributed by atoms with Crippen LogP contribution < -0.4 is 0 Å². The van der Waals surface area contributed by atoms with Crippen LogP contribution in [-0.4, -0.2) is 0 Å². The standard InChI is InChI=1S/C3H6.3ClH.Rh/c1-3-2;;;;/h3H,1H2,2H3;3*1H;/q;;;;+3/p-3. The molecule has 0 amide bonds. The summed E-state index contributed by atoms with van der Waals surface area (Å²) < 4.78 is 0. The second-order valence-electron chi connectivity index (χ2n) is 0.551. The zero-order valence-corrected chi connectivity index (χ0v) is 7.66. The first-order valence-electron chi connectivity index (χ1n) is 1.36. The molecule has 0 rings (SSSR count). The van der Waals surface area contributed by atoms with Crippen molar-refractivity contribution in [3.8, 4) is 0 Å². The SMILES string of the molecule is C=CC.[Cl][Rh]([Cl])[Cl]. The van der Waals surface area contributed by atoms with E-state index in [-0.39, 0.29) is 0 Å². The van der Waals surface area contributed by atoms with Gasteiger partial charge >= 0.3 is 42.1 Å². The average Bonchev–Trinajstić information content (AvgIpc) is 1.33. The normalized spacial score (nSPS) is 8.29. The predicted molar refractivity (Wildman–Crippen MR) is 33.4 cm³/mol. The van der Waals surface area contributed by atoms with E-state index in [1.807, 2.05) is 6.92 Å². The zero-order chi connectivity index (χ0) is 6.28. The molecule has 0 bridgehead atoms. The summed E-state index contributed by atoms with van der Waals surface area (Å²) in [5.74, 6) is 0. The van der Waals surface area contributed by atoms with Gasteiger partial charge in [-0.1, -0.05) is 6.08 Å². The molecule has 0 radical (unpaired) electrons. The van der Waals surface area contributed by atoms with E-state index in [0.717, 1.165) is 0 Å². The molecule has 48 valence electrons. The molecule has 0 spiro atoms. The van der Waals surface area contributed by atoms with E-state index in [9.17, 15) is 0 Å². The van der Waals surface area contributed by atoms with Gasteiger partial charge in [0.25, 0.3) is 0 Å². The summed E-state index contributed by atoms with van der Waals surface area (Å²) in [4.78, 5) is 0. The molecule has 4 heteroatoms.